The summed E-state index contributed by atoms with van der Waals surface area (Å²) >= 11 is 0. The van der Waals surface area contributed by atoms with Gasteiger partial charge in [0.1, 0.15) is 12.3 Å². The Hall–Kier alpha value is -1.39. The first-order valence-corrected chi connectivity index (χ1v) is 5.86. The molecule has 0 aromatic carbocycles. The average molecular weight is 298 g/mol. The van der Waals surface area contributed by atoms with Crippen molar-refractivity contribution in [3.63, 3.8) is 0 Å². The second-order valence-corrected chi connectivity index (χ2v) is 4.66. The molecular formula is C10H13F3N2O5. The largest absolute Gasteiger partial charge is 0.402 e. The smallest absolute Gasteiger partial charge is 0.394 e. The van der Waals surface area contributed by atoms with E-state index in [1.165, 1.54) is 0 Å². The van der Waals surface area contributed by atoms with Crippen LogP contribution in [0.3, 0.4) is 0 Å². The molecule has 4 unspecified atom stereocenters. The Morgan fingerprint density at radius 2 is 2.05 bits per heavy atom. The number of alkyl halides is 3. The highest BCUT2D eigenvalue weighted by molar-refractivity contribution is 5.98. The molecule has 2 aliphatic rings. The van der Waals surface area contributed by atoms with Crippen LogP contribution >= 0.6 is 0 Å². The number of nitrogens with zero attached hydrogens (tertiary/aromatic N) is 1. The molecule has 2 heterocycles. The van der Waals surface area contributed by atoms with Crippen LogP contribution in [0.2, 0.25) is 0 Å². The molecule has 114 valence electrons. The minimum atomic E-state index is -4.78. The molecule has 0 radical (unpaired) electrons. The summed E-state index contributed by atoms with van der Waals surface area (Å²) in [6, 6.07) is -1.01. The third kappa shape index (κ3) is 2.72. The molecule has 2 saturated heterocycles. The number of carbonyl (C=O) groups is 2. The molecule has 0 saturated carbocycles. The van der Waals surface area contributed by atoms with Crippen molar-refractivity contribution < 1.29 is 37.7 Å². The number of urea groups is 1. The first kappa shape index (κ1) is 15.0. The van der Waals surface area contributed by atoms with Crippen LogP contribution in [-0.4, -0.2) is 64.8 Å². The Bertz CT molecular complexity index is 416. The summed E-state index contributed by atoms with van der Waals surface area (Å²) in [5, 5.41) is 20.0. The predicted octanol–water partition coefficient (Wildman–Crippen LogP) is -0.815. The third-order valence-corrected chi connectivity index (χ3v) is 3.31. The van der Waals surface area contributed by atoms with Gasteiger partial charge in [-0.2, -0.15) is 13.2 Å². The monoisotopic (exact) mass is 298 g/mol. The molecule has 3 amide bonds. The van der Waals surface area contributed by atoms with E-state index in [9.17, 15) is 27.9 Å². The Labute approximate surface area is 111 Å². The van der Waals surface area contributed by atoms with Gasteiger partial charge in [-0.1, -0.05) is 0 Å². The Morgan fingerprint density at radius 3 is 2.55 bits per heavy atom. The van der Waals surface area contributed by atoms with Gasteiger partial charge in [-0.15, -0.1) is 0 Å². The molecule has 0 aromatic heterocycles. The van der Waals surface area contributed by atoms with Crippen LogP contribution in [0.15, 0.2) is 0 Å². The van der Waals surface area contributed by atoms with E-state index in [-0.39, 0.29) is 6.42 Å². The van der Waals surface area contributed by atoms with Crippen LogP contribution in [0.1, 0.15) is 6.42 Å². The van der Waals surface area contributed by atoms with Crippen LogP contribution in [-0.2, 0) is 9.53 Å². The highest BCUT2D eigenvalue weighted by atomic mass is 19.4. The first-order valence-electron chi connectivity index (χ1n) is 5.86. The van der Waals surface area contributed by atoms with Gasteiger partial charge in [-0.3, -0.25) is 15.0 Å². The quantitative estimate of drug-likeness (QED) is 0.619. The summed E-state index contributed by atoms with van der Waals surface area (Å²) in [7, 11) is 0. The summed E-state index contributed by atoms with van der Waals surface area (Å²) in [6.07, 6.45) is -8.07. The van der Waals surface area contributed by atoms with E-state index in [4.69, 9.17) is 9.84 Å². The van der Waals surface area contributed by atoms with Crippen LogP contribution < -0.4 is 5.32 Å². The van der Waals surface area contributed by atoms with Crippen LogP contribution in [0, 0.1) is 5.92 Å². The number of amides is 3. The van der Waals surface area contributed by atoms with Crippen molar-refractivity contribution in [2.75, 3.05) is 13.2 Å². The van der Waals surface area contributed by atoms with E-state index < -0.39 is 55.6 Å². The number of imide groups is 1. The fraction of sp³-hybridized carbons (Fsp3) is 0.800. The normalized spacial score (nSPS) is 35.4. The highest BCUT2D eigenvalue weighted by Gasteiger charge is 2.52. The van der Waals surface area contributed by atoms with Crippen molar-refractivity contribution in [1.82, 2.24) is 10.2 Å². The second kappa shape index (κ2) is 5.19. The molecule has 0 spiro atoms. The zero-order valence-corrected chi connectivity index (χ0v) is 10.1. The highest BCUT2D eigenvalue weighted by Crippen LogP contribution is 2.32. The van der Waals surface area contributed by atoms with E-state index in [0.717, 1.165) is 0 Å². The Balaban J connectivity index is 2.12. The zero-order chi connectivity index (χ0) is 15.1. The maximum Gasteiger partial charge on any atom is 0.402 e. The van der Waals surface area contributed by atoms with E-state index in [2.05, 4.69) is 0 Å². The minimum Gasteiger partial charge on any atom is -0.394 e. The number of hydrogen-bond acceptors (Lipinski definition) is 5. The van der Waals surface area contributed by atoms with Gasteiger partial charge in [0.25, 0.3) is 0 Å². The van der Waals surface area contributed by atoms with Crippen LogP contribution in [0.5, 0.6) is 0 Å². The molecule has 3 N–H and O–H groups in total. The number of aliphatic hydroxyl groups excluding tert-OH is 2. The molecule has 2 rings (SSSR count). The van der Waals surface area contributed by atoms with Gasteiger partial charge < -0.3 is 14.9 Å². The fourth-order valence-electron chi connectivity index (χ4n) is 2.20. The molecule has 10 heteroatoms. The number of aliphatic hydroxyl groups is 2. The van der Waals surface area contributed by atoms with E-state index in [0.29, 0.717) is 4.90 Å². The molecule has 0 aliphatic carbocycles. The molecule has 20 heavy (non-hydrogen) atoms. The lowest BCUT2D eigenvalue weighted by molar-refractivity contribution is -0.192. The van der Waals surface area contributed by atoms with Gasteiger partial charge in [0, 0.05) is 13.0 Å². The van der Waals surface area contributed by atoms with Crippen molar-refractivity contribution >= 4 is 11.9 Å². The topological polar surface area (TPSA) is 99.1 Å². The van der Waals surface area contributed by atoms with Crippen molar-refractivity contribution in [2.45, 2.75) is 31.0 Å². The van der Waals surface area contributed by atoms with Crippen molar-refractivity contribution in [3.8, 4) is 0 Å². The van der Waals surface area contributed by atoms with Crippen LogP contribution in [0.4, 0.5) is 18.0 Å². The first-order chi connectivity index (χ1) is 9.24. The summed E-state index contributed by atoms with van der Waals surface area (Å²) in [6.45, 7) is -1.39. The van der Waals surface area contributed by atoms with Gasteiger partial charge in [0.15, 0.2) is 5.92 Å². The minimum absolute atomic E-state index is 0.128. The Morgan fingerprint density at radius 1 is 1.40 bits per heavy atom. The number of ether oxygens (including phenoxy) is 1. The number of hydrogen-bond donors (Lipinski definition) is 3. The van der Waals surface area contributed by atoms with E-state index >= 15 is 0 Å². The lowest BCUT2D eigenvalue weighted by Crippen LogP contribution is -2.60. The van der Waals surface area contributed by atoms with Crippen molar-refractivity contribution in [2.24, 2.45) is 5.92 Å². The molecule has 2 fully saturated rings. The molecule has 0 bridgehead atoms. The second-order valence-electron chi connectivity index (χ2n) is 4.66. The number of halogens is 3. The lowest BCUT2D eigenvalue weighted by atomic mass is 10.1. The average Bonchev–Trinajstić information content (AvgIpc) is 2.68. The van der Waals surface area contributed by atoms with Crippen molar-refractivity contribution in [1.29, 1.82) is 0 Å². The molecule has 2 aliphatic heterocycles. The molecular weight excluding hydrogens is 285 g/mol. The number of rotatable bonds is 2. The van der Waals surface area contributed by atoms with Gasteiger partial charge in [0.05, 0.1) is 12.7 Å². The summed E-state index contributed by atoms with van der Waals surface area (Å²) in [4.78, 5) is 23.5. The van der Waals surface area contributed by atoms with Gasteiger partial charge in [-0.05, 0) is 0 Å². The maximum atomic E-state index is 12.7. The predicted molar refractivity (Wildman–Crippen MR) is 56.2 cm³/mol. The van der Waals surface area contributed by atoms with Crippen molar-refractivity contribution in [3.05, 3.63) is 0 Å². The zero-order valence-electron chi connectivity index (χ0n) is 10.1. The van der Waals surface area contributed by atoms with Crippen LogP contribution in [0.25, 0.3) is 0 Å². The lowest BCUT2D eigenvalue weighted by Gasteiger charge is -2.36. The SMILES string of the molecule is O=C1NC(=O)N(C2CC(O)C(CO)O2)CC1C(F)(F)F. The summed E-state index contributed by atoms with van der Waals surface area (Å²) in [5.74, 6) is -3.75. The Kier molecular flexibility index (Phi) is 3.89. The van der Waals surface area contributed by atoms with Gasteiger partial charge >= 0.3 is 12.2 Å². The summed E-state index contributed by atoms with van der Waals surface area (Å²) < 4.78 is 43.1. The molecule has 4 atom stereocenters. The summed E-state index contributed by atoms with van der Waals surface area (Å²) in [5.41, 5.74) is 0. The van der Waals surface area contributed by atoms with E-state index in [1.54, 1.807) is 5.32 Å². The number of carbonyl (C=O) groups excluding carboxylic acids is 2. The third-order valence-electron chi connectivity index (χ3n) is 3.31. The van der Waals surface area contributed by atoms with Gasteiger partial charge in [-0.25, -0.2) is 4.79 Å². The standard InChI is InChI=1S/C10H13F3N2O5/c11-10(12,13)4-2-15(9(19)14-8(4)18)7-1-5(17)6(3-16)20-7/h4-7,16-17H,1-3H2,(H,14,18,19). The molecule has 0 aromatic rings. The van der Waals surface area contributed by atoms with E-state index in [1.807, 2.05) is 0 Å². The number of nitrogens with one attached hydrogen (secondary N) is 1. The van der Waals surface area contributed by atoms with Gasteiger partial charge in [0.2, 0.25) is 5.91 Å². The fourth-order valence-corrected chi connectivity index (χ4v) is 2.20. The maximum absolute atomic E-state index is 12.7. The molecule has 7 nitrogen and oxygen atoms in total.